The highest BCUT2D eigenvalue weighted by molar-refractivity contribution is 7.89. The molecule has 0 aliphatic heterocycles. The van der Waals surface area contributed by atoms with Gasteiger partial charge in [-0.1, -0.05) is 13.0 Å². The number of hydrogen-bond donors (Lipinski definition) is 3. The molecule has 0 bridgehead atoms. The van der Waals surface area contributed by atoms with Crippen LogP contribution in [0, 0.1) is 0 Å². The summed E-state index contributed by atoms with van der Waals surface area (Å²) in [5.74, 6) is 0. The third kappa shape index (κ3) is 3.62. The predicted molar refractivity (Wildman–Crippen MR) is 81.1 cm³/mol. The molecule has 0 saturated heterocycles. The minimum absolute atomic E-state index is 0.0589. The minimum atomic E-state index is -3.58. The Bertz CT molecular complexity index is 568. The lowest BCUT2D eigenvalue weighted by Gasteiger charge is -2.23. The number of nitrogens with two attached hydrogens (primary N) is 1. The SMILES string of the molecule is CCC(C)(O)CNc1cccc(S(=O)(=O)N(C)C)c1N. The summed E-state index contributed by atoms with van der Waals surface area (Å²) in [4.78, 5) is 0.0589. The fourth-order valence-corrected chi connectivity index (χ4v) is 2.56. The molecule has 0 spiro atoms. The fourth-order valence-electron chi connectivity index (χ4n) is 1.53. The van der Waals surface area contributed by atoms with Gasteiger partial charge in [-0.25, -0.2) is 12.7 Å². The summed E-state index contributed by atoms with van der Waals surface area (Å²) in [5.41, 5.74) is 5.72. The number of sulfonamides is 1. The van der Waals surface area contributed by atoms with Crippen LogP contribution < -0.4 is 11.1 Å². The van der Waals surface area contributed by atoms with Gasteiger partial charge in [0.2, 0.25) is 10.0 Å². The van der Waals surface area contributed by atoms with Crippen LogP contribution in [-0.2, 0) is 10.0 Å². The van der Waals surface area contributed by atoms with Gasteiger partial charge in [-0.05, 0) is 25.5 Å². The number of aliphatic hydroxyl groups is 1. The van der Waals surface area contributed by atoms with Gasteiger partial charge in [0.05, 0.1) is 17.0 Å². The van der Waals surface area contributed by atoms with E-state index in [2.05, 4.69) is 5.32 Å². The van der Waals surface area contributed by atoms with Crippen molar-refractivity contribution >= 4 is 21.4 Å². The summed E-state index contributed by atoms with van der Waals surface area (Å²) in [6.07, 6.45) is 0.579. The fraction of sp³-hybridized carbons (Fsp3) is 0.538. The molecule has 4 N–H and O–H groups in total. The standard InChI is InChI=1S/C13H23N3O3S/c1-5-13(2,17)9-15-10-7-6-8-11(12(10)14)20(18,19)16(3)4/h6-8,15,17H,5,9,14H2,1-4H3. The average molecular weight is 301 g/mol. The molecule has 6 nitrogen and oxygen atoms in total. The molecule has 1 aromatic carbocycles. The zero-order chi connectivity index (χ0) is 15.6. The van der Waals surface area contributed by atoms with E-state index >= 15 is 0 Å². The molecule has 0 heterocycles. The molecule has 0 radical (unpaired) electrons. The van der Waals surface area contributed by atoms with Crippen molar-refractivity contribution in [3.63, 3.8) is 0 Å². The Hall–Kier alpha value is -1.31. The molecule has 7 heteroatoms. The third-order valence-corrected chi connectivity index (χ3v) is 5.12. The molecule has 0 fully saturated rings. The van der Waals surface area contributed by atoms with Crippen molar-refractivity contribution in [3.8, 4) is 0 Å². The number of hydrogen-bond acceptors (Lipinski definition) is 5. The highest BCUT2D eigenvalue weighted by Gasteiger charge is 2.23. The van der Waals surface area contributed by atoms with Crippen LogP contribution in [0.5, 0.6) is 0 Å². The van der Waals surface area contributed by atoms with Gasteiger partial charge in [0.1, 0.15) is 4.90 Å². The van der Waals surface area contributed by atoms with Gasteiger partial charge in [0, 0.05) is 20.6 Å². The van der Waals surface area contributed by atoms with Crippen LogP contribution in [0.3, 0.4) is 0 Å². The summed E-state index contributed by atoms with van der Waals surface area (Å²) >= 11 is 0. The molecule has 1 atom stereocenters. The van der Waals surface area contributed by atoms with Crippen molar-refractivity contribution in [2.75, 3.05) is 31.7 Å². The zero-order valence-electron chi connectivity index (χ0n) is 12.3. The molecular weight excluding hydrogens is 278 g/mol. The van der Waals surface area contributed by atoms with Gasteiger partial charge >= 0.3 is 0 Å². The summed E-state index contributed by atoms with van der Waals surface area (Å²) in [6, 6.07) is 4.78. The van der Waals surface area contributed by atoms with Crippen molar-refractivity contribution in [1.29, 1.82) is 0 Å². The molecular formula is C13H23N3O3S. The Morgan fingerprint density at radius 3 is 2.50 bits per heavy atom. The first-order valence-corrected chi connectivity index (χ1v) is 7.83. The number of anilines is 2. The second-order valence-corrected chi connectivity index (χ2v) is 7.33. The van der Waals surface area contributed by atoms with E-state index in [1.807, 2.05) is 6.92 Å². The largest absolute Gasteiger partial charge is 0.396 e. The van der Waals surface area contributed by atoms with Crippen LogP contribution in [0.4, 0.5) is 11.4 Å². The van der Waals surface area contributed by atoms with Crippen molar-refractivity contribution in [2.45, 2.75) is 30.8 Å². The van der Waals surface area contributed by atoms with Gasteiger partial charge in [0.25, 0.3) is 0 Å². The van der Waals surface area contributed by atoms with E-state index in [9.17, 15) is 13.5 Å². The van der Waals surface area contributed by atoms with E-state index in [-0.39, 0.29) is 10.6 Å². The second-order valence-electron chi connectivity index (χ2n) is 5.21. The maximum Gasteiger partial charge on any atom is 0.244 e. The van der Waals surface area contributed by atoms with Crippen molar-refractivity contribution in [2.24, 2.45) is 0 Å². The Balaban J connectivity index is 3.09. The normalized spacial score (nSPS) is 15.1. The van der Waals surface area contributed by atoms with Gasteiger partial charge < -0.3 is 16.2 Å². The van der Waals surface area contributed by atoms with Crippen LogP contribution in [-0.4, -0.2) is 44.1 Å². The maximum atomic E-state index is 12.1. The van der Waals surface area contributed by atoms with Gasteiger partial charge in [-0.15, -0.1) is 0 Å². The second kappa shape index (κ2) is 5.99. The van der Waals surface area contributed by atoms with E-state index < -0.39 is 15.6 Å². The number of benzene rings is 1. The Kier molecular flexibility index (Phi) is 5.01. The lowest BCUT2D eigenvalue weighted by Crippen LogP contribution is -2.32. The minimum Gasteiger partial charge on any atom is -0.396 e. The van der Waals surface area contributed by atoms with Crippen LogP contribution in [0.1, 0.15) is 20.3 Å². The summed E-state index contributed by atoms with van der Waals surface area (Å²) < 4.78 is 25.4. The average Bonchev–Trinajstić information content (AvgIpc) is 2.37. The molecule has 20 heavy (non-hydrogen) atoms. The smallest absolute Gasteiger partial charge is 0.244 e. The van der Waals surface area contributed by atoms with E-state index in [0.717, 1.165) is 4.31 Å². The summed E-state index contributed by atoms with van der Waals surface area (Å²) in [7, 11) is -0.673. The first-order chi connectivity index (χ1) is 9.12. The first kappa shape index (κ1) is 16.7. The Morgan fingerprint density at radius 2 is 2.00 bits per heavy atom. The quantitative estimate of drug-likeness (QED) is 0.684. The number of nitrogen functional groups attached to an aromatic ring is 1. The Morgan fingerprint density at radius 1 is 1.40 bits per heavy atom. The molecule has 1 rings (SSSR count). The number of nitrogens with zero attached hydrogens (tertiary/aromatic N) is 1. The van der Waals surface area contributed by atoms with Gasteiger partial charge in [-0.2, -0.15) is 0 Å². The number of rotatable bonds is 6. The van der Waals surface area contributed by atoms with Gasteiger partial charge in [-0.3, -0.25) is 0 Å². The predicted octanol–water partition coefficient (Wildman–Crippen LogP) is 1.09. The van der Waals surface area contributed by atoms with Crippen LogP contribution in [0.25, 0.3) is 0 Å². The van der Waals surface area contributed by atoms with E-state index in [1.54, 1.807) is 19.1 Å². The Labute approximate surface area is 120 Å². The molecule has 0 saturated carbocycles. The van der Waals surface area contributed by atoms with Crippen LogP contribution in [0.2, 0.25) is 0 Å². The molecule has 0 amide bonds. The third-order valence-electron chi connectivity index (χ3n) is 3.25. The molecule has 0 aromatic heterocycles. The zero-order valence-corrected chi connectivity index (χ0v) is 13.2. The highest BCUT2D eigenvalue weighted by atomic mass is 32.2. The van der Waals surface area contributed by atoms with E-state index in [1.165, 1.54) is 20.2 Å². The molecule has 0 aliphatic rings. The lowest BCUT2D eigenvalue weighted by atomic mass is 10.0. The molecule has 1 aromatic rings. The topological polar surface area (TPSA) is 95.7 Å². The summed E-state index contributed by atoms with van der Waals surface area (Å²) in [6.45, 7) is 3.87. The first-order valence-electron chi connectivity index (χ1n) is 6.39. The maximum absolute atomic E-state index is 12.1. The van der Waals surface area contributed by atoms with Crippen molar-refractivity contribution in [3.05, 3.63) is 18.2 Å². The number of para-hydroxylation sites is 1. The summed E-state index contributed by atoms with van der Waals surface area (Å²) in [5, 5.41) is 13.0. The lowest BCUT2D eigenvalue weighted by molar-refractivity contribution is 0.0697. The van der Waals surface area contributed by atoms with Crippen molar-refractivity contribution < 1.29 is 13.5 Å². The number of nitrogens with one attached hydrogen (secondary N) is 1. The highest BCUT2D eigenvalue weighted by Crippen LogP contribution is 2.28. The monoisotopic (exact) mass is 301 g/mol. The van der Waals surface area contributed by atoms with E-state index in [0.29, 0.717) is 18.7 Å². The van der Waals surface area contributed by atoms with Crippen LogP contribution in [0.15, 0.2) is 23.1 Å². The molecule has 114 valence electrons. The van der Waals surface area contributed by atoms with Crippen molar-refractivity contribution in [1.82, 2.24) is 4.31 Å². The molecule has 0 aliphatic carbocycles. The van der Waals surface area contributed by atoms with E-state index in [4.69, 9.17) is 5.73 Å². The van der Waals surface area contributed by atoms with Crippen LogP contribution >= 0.6 is 0 Å². The van der Waals surface area contributed by atoms with Gasteiger partial charge in [0.15, 0.2) is 0 Å². The molecule has 1 unspecified atom stereocenters.